The number of benzene rings is 4. The van der Waals surface area contributed by atoms with Crippen molar-refractivity contribution in [2.24, 2.45) is 0 Å². The van der Waals surface area contributed by atoms with E-state index in [2.05, 4.69) is 38.1 Å². The van der Waals surface area contributed by atoms with Gasteiger partial charge < -0.3 is 18.9 Å². The zero-order valence-corrected chi connectivity index (χ0v) is 25.1. The van der Waals surface area contributed by atoms with Gasteiger partial charge in [0.15, 0.2) is 0 Å². The van der Waals surface area contributed by atoms with Crippen LogP contribution in [0, 0.1) is 0 Å². The molecule has 4 aromatic carbocycles. The fraction of sp³-hybridized carbons (Fsp3) is 0.294. The first-order chi connectivity index (χ1) is 20.6. The molecule has 0 aliphatic heterocycles. The van der Waals surface area contributed by atoms with E-state index in [0.717, 1.165) is 60.0 Å². The molecule has 0 fully saturated rings. The van der Waals surface area contributed by atoms with Gasteiger partial charge in [-0.05, 0) is 70.8 Å². The molecule has 236 valence electrons. The highest BCUT2D eigenvalue weighted by Crippen LogP contribution is 2.56. The predicted molar refractivity (Wildman–Crippen MR) is 157 cm³/mol. The molecule has 44 heavy (non-hydrogen) atoms. The molecule has 0 aromatic heterocycles. The summed E-state index contributed by atoms with van der Waals surface area (Å²) >= 11 is 0. The molecule has 0 amide bonds. The van der Waals surface area contributed by atoms with Crippen LogP contribution >= 0.6 is 0 Å². The Morgan fingerprint density at radius 2 is 0.568 bits per heavy atom. The van der Waals surface area contributed by atoms with Crippen LogP contribution in [0.3, 0.4) is 0 Å². The minimum absolute atomic E-state index is 0.0431. The maximum atomic E-state index is 13.8. The lowest BCUT2D eigenvalue weighted by atomic mass is 9.73. The van der Waals surface area contributed by atoms with Gasteiger partial charge in [0.25, 0.3) is 0 Å². The molecule has 4 rings (SSSR count). The van der Waals surface area contributed by atoms with Gasteiger partial charge in [0.1, 0.15) is 23.0 Å². The quantitative estimate of drug-likeness (QED) is 0.184. The van der Waals surface area contributed by atoms with Crippen LogP contribution in [-0.4, -0.2) is 40.8 Å². The molecule has 0 aliphatic rings. The van der Waals surface area contributed by atoms with Crippen molar-refractivity contribution in [3.63, 3.8) is 0 Å². The second-order valence-electron chi connectivity index (χ2n) is 10.3. The van der Waals surface area contributed by atoms with E-state index >= 15 is 0 Å². The van der Waals surface area contributed by atoms with Crippen LogP contribution < -0.4 is 18.9 Å². The third kappa shape index (κ3) is 6.90. The summed E-state index contributed by atoms with van der Waals surface area (Å²) in [7, 11) is 5.89. The molecule has 0 radical (unpaired) electrons. The Kier molecular flexibility index (Phi) is 10.5. The zero-order valence-electron chi connectivity index (χ0n) is 25.1. The Labute approximate surface area is 253 Å². The van der Waals surface area contributed by atoms with Crippen LogP contribution in [-0.2, 0) is 10.8 Å². The van der Waals surface area contributed by atoms with Crippen LogP contribution in [0.1, 0.15) is 36.1 Å². The Morgan fingerprint density at radius 1 is 0.364 bits per heavy atom. The summed E-state index contributed by atoms with van der Waals surface area (Å²) in [4.78, 5) is 0. The van der Waals surface area contributed by atoms with E-state index < -0.39 is 28.9 Å². The first kappa shape index (κ1) is 34.2. The summed E-state index contributed by atoms with van der Waals surface area (Å²) in [6, 6.07) is 23.8. The zero-order chi connectivity index (χ0) is 32.8. The van der Waals surface area contributed by atoms with Gasteiger partial charge in [-0.15, -0.1) is 0 Å². The Hall–Kier alpha value is -4.34. The highest BCUT2D eigenvalue weighted by atomic mass is 19.4. The number of methoxy groups -OCH3 is 4. The van der Waals surface area contributed by atoms with Crippen molar-refractivity contribution in [3.05, 3.63) is 119 Å². The summed E-state index contributed by atoms with van der Waals surface area (Å²) in [5.41, 5.74) is -3.58. The molecule has 0 aliphatic carbocycles. The Bertz CT molecular complexity index is 1350. The highest BCUT2D eigenvalue weighted by Gasteiger charge is 2.72. The van der Waals surface area contributed by atoms with Gasteiger partial charge in [-0.2, -0.15) is 26.3 Å². The number of halogens is 6. The highest BCUT2D eigenvalue weighted by molar-refractivity contribution is 5.47. The van der Waals surface area contributed by atoms with Gasteiger partial charge in [0, 0.05) is 5.41 Å². The van der Waals surface area contributed by atoms with Crippen LogP contribution in [0.25, 0.3) is 0 Å². The second-order valence-corrected chi connectivity index (χ2v) is 10.3. The smallest absolute Gasteiger partial charge is 0.411 e. The van der Waals surface area contributed by atoms with E-state index in [-0.39, 0.29) is 16.9 Å². The van der Waals surface area contributed by atoms with Gasteiger partial charge in [-0.1, -0.05) is 62.4 Å². The van der Waals surface area contributed by atoms with E-state index in [1.54, 1.807) is 14.2 Å². The lowest BCUT2D eigenvalue weighted by Gasteiger charge is -2.38. The van der Waals surface area contributed by atoms with Gasteiger partial charge >= 0.3 is 12.4 Å². The maximum Gasteiger partial charge on any atom is 0.411 e. The number of rotatable bonds is 8. The predicted octanol–water partition coefficient (Wildman–Crippen LogP) is 9.14. The molecule has 0 saturated carbocycles. The summed E-state index contributed by atoms with van der Waals surface area (Å²) < 4.78 is 103. The largest absolute Gasteiger partial charge is 0.497 e. The maximum absolute atomic E-state index is 13.8. The van der Waals surface area contributed by atoms with Crippen molar-refractivity contribution in [1.29, 1.82) is 0 Å². The lowest BCUT2D eigenvalue weighted by Crippen LogP contribution is -2.54. The minimum atomic E-state index is -5.62. The van der Waals surface area contributed by atoms with Crippen molar-refractivity contribution in [2.45, 2.75) is 37.0 Å². The summed E-state index contributed by atoms with van der Waals surface area (Å²) in [5.74, 6) is 2.07. The van der Waals surface area contributed by atoms with Crippen LogP contribution in [0.2, 0.25) is 0 Å². The molecule has 0 spiro atoms. The molecule has 10 heteroatoms. The van der Waals surface area contributed by atoms with Crippen LogP contribution in [0.4, 0.5) is 26.3 Å². The SMILES string of the molecule is COc1ccc(C(C)(C)c2ccc(OC)cc2)cc1.COc1ccc(C(c2ccc(OC)cc2)(C(F)(F)F)C(F)(F)F)cc1. The standard InChI is InChI=1S/C17H14F6O2.C17H20O2/c1-24-13-7-3-11(4-8-13)15(16(18,19)20,17(21,22)23)12-5-9-14(25-2)10-6-12;1-17(2,13-5-9-15(18-3)10-6-13)14-7-11-16(19-4)12-8-14/h3-10H,1-2H3;5-12H,1-4H3. The molecule has 0 N–H and O–H groups in total. The lowest BCUT2D eigenvalue weighted by molar-refractivity contribution is -0.288. The van der Waals surface area contributed by atoms with E-state index in [0.29, 0.717) is 0 Å². The molecule has 0 unspecified atom stereocenters. The van der Waals surface area contributed by atoms with Gasteiger partial charge in [0.05, 0.1) is 28.4 Å². The van der Waals surface area contributed by atoms with E-state index in [1.165, 1.54) is 25.3 Å². The fourth-order valence-corrected chi connectivity index (χ4v) is 4.85. The van der Waals surface area contributed by atoms with Crippen molar-refractivity contribution in [1.82, 2.24) is 0 Å². The van der Waals surface area contributed by atoms with E-state index in [4.69, 9.17) is 18.9 Å². The second kappa shape index (κ2) is 13.5. The number of alkyl halides is 6. The first-order valence-electron chi connectivity index (χ1n) is 13.4. The molecule has 0 atom stereocenters. The Balaban J connectivity index is 0.000000249. The number of hydrogen-bond donors (Lipinski definition) is 0. The van der Waals surface area contributed by atoms with Crippen molar-refractivity contribution in [2.75, 3.05) is 28.4 Å². The third-order valence-electron chi connectivity index (χ3n) is 7.52. The molecule has 0 heterocycles. The number of ether oxygens (including phenoxy) is 4. The molecular weight excluding hydrogens is 586 g/mol. The van der Waals surface area contributed by atoms with Crippen LogP contribution in [0.5, 0.6) is 23.0 Å². The van der Waals surface area contributed by atoms with Gasteiger partial charge in [0.2, 0.25) is 5.41 Å². The van der Waals surface area contributed by atoms with Crippen molar-refractivity contribution >= 4 is 0 Å². The van der Waals surface area contributed by atoms with E-state index in [9.17, 15) is 26.3 Å². The summed E-state index contributed by atoms with van der Waals surface area (Å²) in [6.07, 6.45) is -11.2. The summed E-state index contributed by atoms with van der Waals surface area (Å²) in [5, 5.41) is 0. The topological polar surface area (TPSA) is 36.9 Å². The fourth-order valence-electron chi connectivity index (χ4n) is 4.85. The Morgan fingerprint density at radius 3 is 0.750 bits per heavy atom. The van der Waals surface area contributed by atoms with Crippen molar-refractivity contribution in [3.8, 4) is 23.0 Å². The average molecular weight is 621 g/mol. The first-order valence-corrected chi connectivity index (χ1v) is 13.4. The summed E-state index contributed by atoms with van der Waals surface area (Å²) in [6.45, 7) is 4.44. The van der Waals surface area contributed by atoms with Gasteiger partial charge in [-0.3, -0.25) is 0 Å². The van der Waals surface area contributed by atoms with Crippen molar-refractivity contribution < 1.29 is 45.3 Å². The molecule has 0 saturated heterocycles. The molecule has 4 nitrogen and oxygen atoms in total. The van der Waals surface area contributed by atoms with Crippen LogP contribution in [0.15, 0.2) is 97.1 Å². The normalized spacial score (nSPS) is 12.1. The molecule has 0 bridgehead atoms. The molecular formula is C34H34F6O4. The van der Waals surface area contributed by atoms with E-state index in [1.807, 2.05) is 24.3 Å². The third-order valence-corrected chi connectivity index (χ3v) is 7.52. The number of hydrogen-bond acceptors (Lipinski definition) is 4. The monoisotopic (exact) mass is 620 g/mol. The molecule has 4 aromatic rings. The van der Waals surface area contributed by atoms with Gasteiger partial charge in [-0.25, -0.2) is 0 Å². The average Bonchev–Trinajstić information content (AvgIpc) is 3.01. The minimum Gasteiger partial charge on any atom is -0.497 e.